The summed E-state index contributed by atoms with van der Waals surface area (Å²) in [5, 5.41) is 2.38. The van der Waals surface area contributed by atoms with Gasteiger partial charge in [-0.1, -0.05) is 24.3 Å². The second-order valence-corrected chi connectivity index (χ2v) is 5.51. The number of aromatic amines is 1. The Bertz CT molecular complexity index is 1060. The van der Waals surface area contributed by atoms with Gasteiger partial charge in [-0.05, 0) is 29.8 Å². The molecule has 0 fully saturated rings. The number of nitrogens with one attached hydrogen (secondary N) is 1. The molecule has 0 atom stereocenters. The lowest BCUT2D eigenvalue weighted by Gasteiger charge is -2.08. The van der Waals surface area contributed by atoms with Crippen LogP contribution in [0.3, 0.4) is 0 Å². The molecule has 0 spiro atoms. The number of carbonyl (C=O) groups excluding carboxylic acids is 1. The number of carbonyl (C=O) groups is 1. The Balaban J connectivity index is 1.72. The van der Waals surface area contributed by atoms with Crippen molar-refractivity contribution in [2.24, 2.45) is 0 Å². The van der Waals surface area contributed by atoms with Crippen LogP contribution in [-0.4, -0.2) is 22.4 Å². The van der Waals surface area contributed by atoms with Crippen LogP contribution in [0.4, 0.5) is 4.39 Å². The number of hydrogen-bond acceptors (Lipinski definition) is 4. The van der Waals surface area contributed by atoms with E-state index in [9.17, 15) is 18.8 Å². The molecule has 1 N–H and O–H groups in total. The molecular formula is C19H15FN2O4. The third-order valence-electron chi connectivity index (χ3n) is 3.72. The lowest BCUT2D eigenvalue weighted by molar-refractivity contribution is 0.0508. The summed E-state index contributed by atoms with van der Waals surface area (Å²) in [6.07, 6.45) is 0.254. The van der Waals surface area contributed by atoms with Crippen molar-refractivity contribution in [2.45, 2.75) is 6.42 Å². The molecule has 0 saturated heterocycles. The molecule has 0 aliphatic rings. The molecule has 3 aromatic rings. The van der Waals surface area contributed by atoms with Crippen molar-refractivity contribution in [3.8, 4) is 5.69 Å². The van der Waals surface area contributed by atoms with Crippen LogP contribution in [-0.2, 0) is 11.2 Å². The summed E-state index contributed by atoms with van der Waals surface area (Å²) in [4.78, 5) is 35.4. The van der Waals surface area contributed by atoms with Crippen molar-refractivity contribution in [2.75, 3.05) is 6.61 Å². The monoisotopic (exact) mass is 354 g/mol. The Morgan fingerprint density at radius 1 is 1.04 bits per heavy atom. The Morgan fingerprint density at radius 2 is 1.85 bits per heavy atom. The molecule has 7 heteroatoms. The number of H-pyrrole nitrogens is 1. The minimum Gasteiger partial charge on any atom is -0.462 e. The average Bonchev–Trinajstić information content (AvgIpc) is 2.65. The van der Waals surface area contributed by atoms with Crippen molar-refractivity contribution in [3.05, 3.63) is 98.3 Å². The Kier molecular flexibility index (Phi) is 5.07. The van der Waals surface area contributed by atoms with E-state index in [2.05, 4.69) is 5.10 Å². The lowest BCUT2D eigenvalue weighted by Crippen LogP contribution is -2.26. The van der Waals surface area contributed by atoms with Gasteiger partial charge < -0.3 is 4.74 Å². The summed E-state index contributed by atoms with van der Waals surface area (Å²) < 4.78 is 19.8. The number of aromatic nitrogens is 2. The second-order valence-electron chi connectivity index (χ2n) is 5.51. The second kappa shape index (κ2) is 7.60. The van der Waals surface area contributed by atoms with E-state index in [4.69, 9.17) is 4.74 Å². The first-order valence-electron chi connectivity index (χ1n) is 7.88. The molecule has 1 heterocycles. The van der Waals surface area contributed by atoms with Gasteiger partial charge in [0.1, 0.15) is 5.82 Å². The molecule has 0 aliphatic carbocycles. The maximum absolute atomic E-state index is 13.5. The first-order valence-corrected chi connectivity index (χ1v) is 7.88. The zero-order valence-corrected chi connectivity index (χ0v) is 13.6. The molecule has 6 nitrogen and oxygen atoms in total. The van der Waals surface area contributed by atoms with E-state index in [1.807, 2.05) is 0 Å². The molecule has 1 aromatic heterocycles. The van der Waals surface area contributed by atoms with Gasteiger partial charge in [0.05, 0.1) is 17.9 Å². The van der Waals surface area contributed by atoms with Gasteiger partial charge in [0.15, 0.2) is 0 Å². The number of esters is 1. The van der Waals surface area contributed by atoms with E-state index in [1.165, 1.54) is 18.2 Å². The van der Waals surface area contributed by atoms with Gasteiger partial charge in [-0.2, -0.15) is 0 Å². The summed E-state index contributed by atoms with van der Waals surface area (Å²) in [5.74, 6) is -0.951. The number of nitrogens with zero attached hydrogens (tertiary/aromatic N) is 1. The average molecular weight is 354 g/mol. The van der Waals surface area contributed by atoms with Gasteiger partial charge in [-0.15, -0.1) is 0 Å². The highest BCUT2D eigenvalue weighted by Crippen LogP contribution is 2.11. The van der Waals surface area contributed by atoms with Gasteiger partial charge in [-0.25, -0.2) is 13.9 Å². The Labute approximate surface area is 147 Å². The molecule has 2 aromatic carbocycles. The molecule has 3 rings (SSSR count). The number of rotatable bonds is 5. The Hall–Kier alpha value is -3.48. The smallest absolute Gasteiger partial charge is 0.338 e. The molecule has 0 amide bonds. The predicted octanol–water partition coefficient (Wildman–Crippen LogP) is 2.06. The van der Waals surface area contributed by atoms with Crippen LogP contribution in [0.25, 0.3) is 5.69 Å². The molecule has 0 bridgehead atoms. The van der Waals surface area contributed by atoms with Crippen molar-refractivity contribution >= 4 is 5.97 Å². The third-order valence-corrected chi connectivity index (χ3v) is 3.72. The number of benzene rings is 2. The summed E-state index contributed by atoms with van der Waals surface area (Å²) in [7, 11) is 0. The van der Waals surface area contributed by atoms with Crippen molar-refractivity contribution in [1.29, 1.82) is 0 Å². The molecule has 0 saturated carbocycles. The van der Waals surface area contributed by atoms with Crippen LogP contribution in [0, 0.1) is 5.82 Å². The molecule has 132 valence electrons. The van der Waals surface area contributed by atoms with Crippen molar-refractivity contribution < 1.29 is 13.9 Å². The summed E-state index contributed by atoms with van der Waals surface area (Å²) in [5.41, 5.74) is 0.128. The molecule has 0 radical (unpaired) electrons. The summed E-state index contributed by atoms with van der Waals surface area (Å²) in [6, 6.07) is 14.6. The lowest BCUT2D eigenvalue weighted by atomic mass is 10.1. The van der Waals surface area contributed by atoms with Gasteiger partial charge >= 0.3 is 5.97 Å². The van der Waals surface area contributed by atoms with Gasteiger partial charge in [0, 0.05) is 18.6 Å². The minimum atomic E-state index is -0.602. The van der Waals surface area contributed by atoms with Gasteiger partial charge in [0.25, 0.3) is 11.1 Å². The van der Waals surface area contributed by atoms with E-state index < -0.39 is 17.1 Å². The largest absolute Gasteiger partial charge is 0.462 e. The van der Waals surface area contributed by atoms with Crippen LogP contribution < -0.4 is 11.1 Å². The normalized spacial score (nSPS) is 10.5. The molecule has 0 aliphatic heterocycles. The van der Waals surface area contributed by atoms with Crippen molar-refractivity contribution in [1.82, 2.24) is 9.78 Å². The van der Waals surface area contributed by atoms with Crippen LogP contribution >= 0.6 is 0 Å². The van der Waals surface area contributed by atoms with E-state index in [0.29, 0.717) is 11.3 Å². The number of hydrogen-bond donors (Lipinski definition) is 1. The summed E-state index contributed by atoms with van der Waals surface area (Å²) in [6.45, 7) is 0.0200. The van der Waals surface area contributed by atoms with Crippen LogP contribution in [0.15, 0.2) is 70.3 Å². The van der Waals surface area contributed by atoms with E-state index in [0.717, 1.165) is 16.8 Å². The zero-order valence-electron chi connectivity index (χ0n) is 13.6. The maximum atomic E-state index is 13.5. The number of halogens is 1. The quantitative estimate of drug-likeness (QED) is 0.711. The van der Waals surface area contributed by atoms with Gasteiger partial charge in [-0.3, -0.25) is 14.7 Å². The minimum absolute atomic E-state index is 0.0200. The fourth-order valence-corrected chi connectivity index (χ4v) is 2.43. The molecular weight excluding hydrogens is 339 g/mol. The van der Waals surface area contributed by atoms with E-state index >= 15 is 0 Å². The van der Waals surface area contributed by atoms with Crippen LogP contribution in [0.2, 0.25) is 0 Å². The third kappa shape index (κ3) is 3.94. The molecule has 26 heavy (non-hydrogen) atoms. The van der Waals surface area contributed by atoms with E-state index in [-0.39, 0.29) is 24.4 Å². The highest BCUT2D eigenvalue weighted by Gasteiger charge is 2.10. The van der Waals surface area contributed by atoms with Crippen molar-refractivity contribution in [3.63, 3.8) is 0 Å². The first kappa shape index (κ1) is 17.3. The van der Waals surface area contributed by atoms with E-state index in [1.54, 1.807) is 30.3 Å². The highest BCUT2D eigenvalue weighted by molar-refractivity contribution is 5.90. The SMILES string of the molecule is O=C(OCCc1ccccc1F)c1cccc(-n2[nH]c(=O)ccc2=O)c1. The van der Waals surface area contributed by atoms with Gasteiger partial charge in [0.2, 0.25) is 0 Å². The van der Waals surface area contributed by atoms with Crippen LogP contribution in [0.1, 0.15) is 15.9 Å². The predicted molar refractivity (Wildman–Crippen MR) is 93.0 cm³/mol. The number of ether oxygens (including phenoxy) is 1. The zero-order chi connectivity index (χ0) is 18.5. The highest BCUT2D eigenvalue weighted by atomic mass is 19.1. The molecule has 0 unspecified atom stereocenters. The standard InChI is InChI=1S/C19H15FN2O4/c20-16-7-2-1-4-13(16)10-11-26-19(25)14-5-3-6-15(12-14)22-18(24)9-8-17(23)21-22/h1-9,12H,10-11H2,(H,21,23). The topological polar surface area (TPSA) is 81.2 Å². The van der Waals surface area contributed by atoms with Crippen LogP contribution in [0.5, 0.6) is 0 Å². The fraction of sp³-hybridized carbons (Fsp3) is 0.105. The summed E-state index contributed by atoms with van der Waals surface area (Å²) >= 11 is 0. The Morgan fingerprint density at radius 3 is 2.65 bits per heavy atom. The fourth-order valence-electron chi connectivity index (χ4n) is 2.43. The maximum Gasteiger partial charge on any atom is 0.338 e. The first-order chi connectivity index (χ1) is 12.5.